The second kappa shape index (κ2) is 4.95. The van der Waals surface area contributed by atoms with Crippen LogP contribution in [0.4, 0.5) is 0 Å². The first kappa shape index (κ1) is 10.2. The van der Waals surface area contributed by atoms with Crippen molar-refractivity contribution in [3.05, 3.63) is 36.5 Å². The van der Waals surface area contributed by atoms with Gasteiger partial charge in [-0.3, -0.25) is 0 Å². The lowest BCUT2D eigenvalue weighted by Gasteiger charge is -2.13. The van der Waals surface area contributed by atoms with Crippen molar-refractivity contribution in [3.8, 4) is 0 Å². The summed E-state index contributed by atoms with van der Waals surface area (Å²) in [6, 6.07) is 0. The van der Waals surface area contributed by atoms with Crippen molar-refractivity contribution in [3.63, 3.8) is 0 Å². The summed E-state index contributed by atoms with van der Waals surface area (Å²) in [5.74, 6) is 0. The number of allylic oxidation sites excluding steroid dienone is 6. The molecule has 0 amide bonds. The fraction of sp³-hybridized carbons (Fsp3) is 0.455. The van der Waals surface area contributed by atoms with Crippen LogP contribution in [0.3, 0.4) is 0 Å². The average molecular weight is 150 g/mol. The van der Waals surface area contributed by atoms with Gasteiger partial charge in [-0.1, -0.05) is 50.3 Å². The van der Waals surface area contributed by atoms with Crippen LogP contribution in [0.2, 0.25) is 0 Å². The van der Waals surface area contributed by atoms with Crippen molar-refractivity contribution in [2.45, 2.75) is 27.7 Å². The van der Waals surface area contributed by atoms with Gasteiger partial charge in [0, 0.05) is 5.41 Å². The van der Waals surface area contributed by atoms with Crippen molar-refractivity contribution < 1.29 is 0 Å². The summed E-state index contributed by atoms with van der Waals surface area (Å²) < 4.78 is 0. The second-order valence-corrected chi connectivity index (χ2v) is 3.21. The molecular formula is C11H18. The molecule has 0 N–H and O–H groups in total. The molecule has 0 nitrogen and oxygen atoms in total. The highest BCUT2D eigenvalue weighted by Crippen LogP contribution is 2.18. The fourth-order valence-electron chi connectivity index (χ4n) is 0.900. The lowest BCUT2D eigenvalue weighted by Crippen LogP contribution is -2.00. The lowest BCUT2D eigenvalue weighted by molar-refractivity contribution is 0.625. The maximum atomic E-state index is 2.19. The molecule has 0 atom stereocenters. The van der Waals surface area contributed by atoms with E-state index in [4.69, 9.17) is 0 Å². The van der Waals surface area contributed by atoms with E-state index < -0.39 is 0 Å². The largest absolute Gasteiger partial charge is 0.0908 e. The van der Waals surface area contributed by atoms with Gasteiger partial charge in [0.1, 0.15) is 0 Å². The zero-order valence-corrected chi connectivity index (χ0v) is 7.96. The van der Waals surface area contributed by atoms with Crippen molar-refractivity contribution >= 4 is 0 Å². The van der Waals surface area contributed by atoms with Gasteiger partial charge in [-0.05, 0) is 13.8 Å². The lowest BCUT2D eigenvalue weighted by atomic mass is 9.92. The standard InChI is InChI=1S/C11H18/c1-5-7-8-10-11(3,4)9-6-2/h5-10H,1-4H3. The molecule has 0 bridgehead atoms. The highest BCUT2D eigenvalue weighted by Gasteiger charge is 2.05. The van der Waals surface area contributed by atoms with E-state index in [0.717, 1.165) is 0 Å². The Labute approximate surface area is 70.3 Å². The predicted molar refractivity (Wildman–Crippen MR) is 52.5 cm³/mol. The molecule has 62 valence electrons. The van der Waals surface area contributed by atoms with E-state index in [1.54, 1.807) is 0 Å². The van der Waals surface area contributed by atoms with Crippen LogP contribution >= 0.6 is 0 Å². The molecule has 0 radical (unpaired) electrons. The first-order valence-electron chi connectivity index (χ1n) is 4.07. The highest BCUT2D eigenvalue weighted by molar-refractivity contribution is 5.12. The molecule has 0 heteroatoms. The monoisotopic (exact) mass is 150 g/mol. The topological polar surface area (TPSA) is 0 Å². The van der Waals surface area contributed by atoms with Crippen molar-refractivity contribution in [2.75, 3.05) is 0 Å². The molecule has 0 aliphatic heterocycles. The third-order valence-electron chi connectivity index (χ3n) is 1.43. The Morgan fingerprint density at radius 3 is 1.91 bits per heavy atom. The van der Waals surface area contributed by atoms with Gasteiger partial charge in [0.15, 0.2) is 0 Å². The summed E-state index contributed by atoms with van der Waals surface area (Å²) >= 11 is 0. The minimum absolute atomic E-state index is 0.189. The van der Waals surface area contributed by atoms with Crippen molar-refractivity contribution in [1.82, 2.24) is 0 Å². The first-order valence-corrected chi connectivity index (χ1v) is 4.07. The molecule has 11 heavy (non-hydrogen) atoms. The van der Waals surface area contributed by atoms with Crippen LogP contribution in [-0.4, -0.2) is 0 Å². The van der Waals surface area contributed by atoms with Crippen LogP contribution in [0.5, 0.6) is 0 Å². The Morgan fingerprint density at radius 2 is 1.45 bits per heavy atom. The smallest absolute Gasteiger partial charge is 0.000741 e. The Bertz CT molecular complexity index is 168. The molecule has 0 aromatic carbocycles. The highest BCUT2D eigenvalue weighted by atomic mass is 14.1. The average Bonchev–Trinajstić information content (AvgIpc) is 1.87. The Hall–Kier alpha value is -0.780. The van der Waals surface area contributed by atoms with Gasteiger partial charge in [0.05, 0.1) is 0 Å². The normalized spacial score (nSPS) is 14.2. The van der Waals surface area contributed by atoms with Gasteiger partial charge in [0.25, 0.3) is 0 Å². The van der Waals surface area contributed by atoms with Gasteiger partial charge in [-0.15, -0.1) is 0 Å². The summed E-state index contributed by atoms with van der Waals surface area (Å²) in [7, 11) is 0. The van der Waals surface area contributed by atoms with E-state index >= 15 is 0 Å². The molecule has 0 heterocycles. The summed E-state index contributed by atoms with van der Waals surface area (Å²) in [4.78, 5) is 0. The van der Waals surface area contributed by atoms with Gasteiger partial charge < -0.3 is 0 Å². The third kappa shape index (κ3) is 5.65. The van der Waals surface area contributed by atoms with Crippen molar-refractivity contribution in [1.29, 1.82) is 0 Å². The van der Waals surface area contributed by atoms with Crippen LogP contribution in [-0.2, 0) is 0 Å². The summed E-state index contributed by atoms with van der Waals surface area (Å²) in [5, 5.41) is 0. The van der Waals surface area contributed by atoms with E-state index in [0.29, 0.717) is 0 Å². The number of hydrogen-bond donors (Lipinski definition) is 0. The molecule has 0 spiro atoms. The van der Waals surface area contributed by atoms with Crippen molar-refractivity contribution in [2.24, 2.45) is 5.41 Å². The quantitative estimate of drug-likeness (QED) is 0.425. The minimum atomic E-state index is 0.189. The van der Waals surface area contributed by atoms with E-state index in [2.05, 4.69) is 38.2 Å². The molecule has 0 saturated heterocycles. The Morgan fingerprint density at radius 1 is 0.818 bits per heavy atom. The minimum Gasteiger partial charge on any atom is -0.0908 e. The summed E-state index contributed by atoms with van der Waals surface area (Å²) in [5.41, 5.74) is 0.189. The number of hydrogen-bond acceptors (Lipinski definition) is 0. The van der Waals surface area contributed by atoms with E-state index in [1.165, 1.54) is 0 Å². The molecule has 0 aromatic rings. The Balaban J connectivity index is 4.10. The molecule has 0 saturated carbocycles. The van der Waals surface area contributed by atoms with Gasteiger partial charge in [-0.25, -0.2) is 0 Å². The first-order chi connectivity index (χ1) is 5.12. The SMILES string of the molecule is CC=CC=CC(C)(C)C=CC. The predicted octanol–water partition coefficient (Wildman–Crippen LogP) is 3.72. The van der Waals surface area contributed by atoms with Crippen LogP contribution in [0.15, 0.2) is 36.5 Å². The molecule has 0 aliphatic carbocycles. The third-order valence-corrected chi connectivity index (χ3v) is 1.43. The van der Waals surface area contributed by atoms with Crippen LogP contribution in [0, 0.1) is 5.41 Å². The van der Waals surface area contributed by atoms with Crippen LogP contribution in [0.1, 0.15) is 27.7 Å². The van der Waals surface area contributed by atoms with Crippen LogP contribution < -0.4 is 0 Å². The zero-order chi connectivity index (χ0) is 8.74. The fourth-order valence-corrected chi connectivity index (χ4v) is 0.900. The second-order valence-electron chi connectivity index (χ2n) is 3.21. The maximum absolute atomic E-state index is 2.19. The van der Waals surface area contributed by atoms with Gasteiger partial charge in [0.2, 0.25) is 0 Å². The summed E-state index contributed by atoms with van der Waals surface area (Å²) in [6.45, 7) is 8.44. The van der Waals surface area contributed by atoms with Gasteiger partial charge >= 0.3 is 0 Å². The molecule has 0 fully saturated rings. The Kier molecular flexibility index (Phi) is 4.60. The van der Waals surface area contributed by atoms with Crippen LogP contribution in [0.25, 0.3) is 0 Å². The van der Waals surface area contributed by atoms with E-state index in [1.807, 2.05) is 26.0 Å². The molecule has 0 aromatic heterocycles. The number of rotatable bonds is 3. The molecular weight excluding hydrogens is 132 g/mol. The molecule has 0 rings (SSSR count). The maximum Gasteiger partial charge on any atom is 0.000741 e. The zero-order valence-electron chi connectivity index (χ0n) is 7.96. The molecule has 0 unspecified atom stereocenters. The van der Waals surface area contributed by atoms with Gasteiger partial charge in [-0.2, -0.15) is 0 Å². The summed E-state index contributed by atoms with van der Waals surface area (Å²) in [6.07, 6.45) is 12.6. The van der Waals surface area contributed by atoms with E-state index in [9.17, 15) is 0 Å². The van der Waals surface area contributed by atoms with E-state index in [-0.39, 0.29) is 5.41 Å². The molecule has 0 aliphatic rings.